The molecule has 0 bridgehead atoms. The SMILES string of the molecule is CC(=O)CC(C)(C)C1CC=CC1. The number of carbonyl (C=O) groups is 1. The lowest BCUT2D eigenvalue weighted by Gasteiger charge is -2.30. The molecule has 0 spiro atoms. The highest BCUT2D eigenvalue weighted by Crippen LogP contribution is 2.38. The molecular formula is C11H18O. The molecule has 0 aromatic heterocycles. The van der Waals surface area contributed by atoms with Gasteiger partial charge in [-0.2, -0.15) is 0 Å². The minimum Gasteiger partial charge on any atom is -0.300 e. The van der Waals surface area contributed by atoms with Crippen molar-refractivity contribution in [2.45, 2.75) is 40.0 Å². The zero-order chi connectivity index (χ0) is 9.19. The summed E-state index contributed by atoms with van der Waals surface area (Å²) in [6.07, 6.45) is 7.49. The smallest absolute Gasteiger partial charge is 0.130 e. The van der Waals surface area contributed by atoms with Crippen LogP contribution in [0.1, 0.15) is 40.0 Å². The molecule has 1 aliphatic rings. The second-order valence-electron chi connectivity index (χ2n) is 4.51. The van der Waals surface area contributed by atoms with Gasteiger partial charge in [0.05, 0.1) is 0 Å². The lowest BCUT2D eigenvalue weighted by Crippen LogP contribution is -2.24. The maximum Gasteiger partial charge on any atom is 0.130 e. The van der Waals surface area contributed by atoms with E-state index in [2.05, 4.69) is 26.0 Å². The van der Waals surface area contributed by atoms with E-state index in [0.29, 0.717) is 11.7 Å². The third-order valence-electron chi connectivity index (χ3n) is 2.82. The van der Waals surface area contributed by atoms with Crippen LogP contribution in [0.5, 0.6) is 0 Å². The van der Waals surface area contributed by atoms with E-state index >= 15 is 0 Å². The Morgan fingerprint density at radius 3 is 2.33 bits per heavy atom. The van der Waals surface area contributed by atoms with Gasteiger partial charge in [-0.15, -0.1) is 0 Å². The van der Waals surface area contributed by atoms with Crippen LogP contribution in [0.2, 0.25) is 0 Å². The van der Waals surface area contributed by atoms with Crippen LogP contribution >= 0.6 is 0 Å². The van der Waals surface area contributed by atoms with E-state index in [1.54, 1.807) is 6.92 Å². The molecule has 0 N–H and O–H groups in total. The fraction of sp³-hybridized carbons (Fsp3) is 0.727. The van der Waals surface area contributed by atoms with E-state index in [4.69, 9.17) is 0 Å². The molecule has 12 heavy (non-hydrogen) atoms. The summed E-state index contributed by atoms with van der Waals surface area (Å²) in [7, 11) is 0. The predicted octanol–water partition coefficient (Wildman–Crippen LogP) is 2.96. The molecule has 0 aliphatic heterocycles. The van der Waals surface area contributed by atoms with Gasteiger partial charge in [0.25, 0.3) is 0 Å². The molecule has 0 unspecified atom stereocenters. The van der Waals surface area contributed by atoms with Gasteiger partial charge in [-0.25, -0.2) is 0 Å². The monoisotopic (exact) mass is 166 g/mol. The van der Waals surface area contributed by atoms with Gasteiger partial charge < -0.3 is 4.79 Å². The molecule has 0 radical (unpaired) electrons. The van der Waals surface area contributed by atoms with Crippen molar-refractivity contribution in [1.82, 2.24) is 0 Å². The number of allylic oxidation sites excluding steroid dienone is 2. The van der Waals surface area contributed by atoms with Crippen molar-refractivity contribution in [3.05, 3.63) is 12.2 Å². The topological polar surface area (TPSA) is 17.1 Å². The van der Waals surface area contributed by atoms with Crippen LogP contribution in [0, 0.1) is 11.3 Å². The molecule has 0 amide bonds. The van der Waals surface area contributed by atoms with Crippen LogP contribution in [0.25, 0.3) is 0 Å². The van der Waals surface area contributed by atoms with Crippen molar-refractivity contribution in [2.24, 2.45) is 11.3 Å². The number of Topliss-reactive ketones (excluding diaryl/α,β-unsaturated/α-hetero) is 1. The van der Waals surface area contributed by atoms with Crippen LogP contribution < -0.4 is 0 Å². The van der Waals surface area contributed by atoms with E-state index in [9.17, 15) is 4.79 Å². The first kappa shape index (κ1) is 9.50. The van der Waals surface area contributed by atoms with E-state index in [1.807, 2.05) is 0 Å². The molecule has 0 saturated carbocycles. The Morgan fingerprint density at radius 1 is 1.42 bits per heavy atom. The Morgan fingerprint density at radius 2 is 1.92 bits per heavy atom. The molecule has 0 fully saturated rings. The normalized spacial score (nSPS) is 18.6. The van der Waals surface area contributed by atoms with Crippen molar-refractivity contribution in [1.29, 1.82) is 0 Å². The summed E-state index contributed by atoms with van der Waals surface area (Å²) < 4.78 is 0. The first-order chi connectivity index (χ1) is 5.52. The zero-order valence-corrected chi connectivity index (χ0v) is 8.26. The maximum absolute atomic E-state index is 11.0. The van der Waals surface area contributed by atoms with Gasteiger partial charge in [-0.1, -0.05) is 26.0 Å². The van der Waals surface area contributed by atoms with Gasteiger partial charge in [0, 0.05) is 6.42 Å². The van der Waals surface area contributed by atoms with Gasteiger partial charge in [-0.3, -0.25) is 0 Å². The fourth-order valence-electron chi connectivity index (χ4n) is 2.04. The van der Waals surface area contributed by atoms with Gasteiger partial charge in [0.2, 0.25) is 0 Å². The minimum absolute atomic E-state index is 0.190. The number of ketones is 1. The summed E-state index contributed by atoms with van der Waals surface area (Å²) in [5, 5.41) is 0. The highest BCUT2D eigenvalue weighted by molar-refractivity contribution is 5.76. The predicted molar refractivity (Wildman–Crippen MR) is 50.9 cm³/mol. The van der Waals surface area contributed by atoms with Crippen molar-refractivity contribution in [3.8, 4) is 0 Å². The number of rotatable bonds is 3. The number of hydrogen-bond acceptors (Lipinski definition) is 1. The molecule has 0 saturated heterocycles. The Kier molecular flexibility index (Phi) is 2.71. The molecule has 1 rings (SSSR count). The van der Waals surface area contributed by atoms with Crippen LogP contribution in [0.15, 0.2) is 12.2 Å². The average Bonchev–Trinajstić information content (AvgIpc) is 2.32. The summed E-state index contributed by atoms with van der Waals surface area (Å²) >= 11 is 0. The lowest BCUT2D eigenvalue weighted by atomic mass is 9.74. The number of carbonyl (C=O) groups excluding carboxylic acids is 1. The standard InChI is InChI=1S/C11H18O/c1-9(12)8-11(2,3)10-6-4-5-7-10/h4-5,10H,6-8H2,1-3H3. The Hall–Kier alpha value is -0.590. The van der Waals surface area contributed by atoms with Gasteiger partial charge >= 0.3 is 0 Å². The Bertz CT molecular complexity index is 193. The summed E-state index contributed by atoms with van der Waals surface area (Å²) in [5.41, 5.74) is 0.190. The van der Waals surface area contributed by atoms with Crippen molar-refractivity contribution >= 4 is 5.78 Å². The van der Waals surface area contributed by atoms with E-state index < -0.39 is 0 Å². The summed E-state index contributed by atoms with van der Waals surface area (Å²) in [6.45, 7) is 6.09. The summed E-state index contributed by atoms with van der Waals surface area (Å²) in [6, 6.07) is 0. The van der Waals surface area contributed by atoms with Gasteiger partial charge in [-0.05, 0) is 31.1 Å². The first-order valence-electron chi connectivity index (χ1n) is 4.67. The molecule has 0 heterocycles. The third kappa shape index (κ3) is 2.20. The Balaban J connectivity index is 2.52. The maximum atomic E-state index is 11.0. The molecule has 68 valence electrons. The quantitative estimate of drug-likeness (QED) is 0.589. The summed E-state index contributed by atoms with van der Waals surface area (Å²) in [4.78, 5) is 11.0. The van der Waals surface area contributed by atoms with E-state index in [0.717, 1.165) is 19.3 Å². The molecular weight excluding hydrogens is 148 g/mol. The van der Waals surface area contributed by atoms with Gasteiger partial charge in [0.15, 0.2) is 0 Å². The molecule has 0 aromatic carbocycles. The van der Waals surface area contributed by atoms with E-state index in [-0.39, 0.29) is 5.41 Å². The van der Waals surface area contributed by atoms with Crippen LogP contribution in [0.4, 0.5) is 0 Å². The van der Waals surface area contributed by atoms with Crippen LogP contribution in [-0.2, 0) is 4.79 Å². The van der Waals surface area contributed by atoms with E-state index in [1.165, 1.54) is 0 Å². The molecule has 0 aromatic rings. The third-order valence-corrected chi connectivity index (χ3v) is 2.82. The second kappa shape index (κ2) is 3.42. The highest BCUT2D eigenvalue weighted by Gasteiger charge is 2.30. The fourth-order valence-corrected chi connectivity index (χ4v) is 2.04. The molecule has 1 heteroatoms. The first-order valence-corrected chi connectivity index (χ1v) is 4.67. The largest absolute Gasteiger partial charge is 0.300 e. The molecule has 1 nitrogen and oxygen atoms in total. The van der Waals surface area contributed by atoms with Crippen molar-refractivity contribution in [2.75, 3.05) is 0 Å². The highest BCUT2D eigenvalue weighted by atomic mass is 16.1. The molecule has 0 atom stereocenters. The zero-order valence-electron chi connectivity index (χ0n) is 8.26. The Labute approximate surface area is 74.9 Å². The van der Waals surface area contributed by atoms with Crippen LogP contribution in [-0.4, -0.2) is 5.78 Å². The minimum atomic E-state index is 0.190. The van der Waals surface area contributed by atoms with Crippen molar-refractivity contribution in [3.63, 3.8) is 0 Å². The van der Waals surface area contributed by atoms with Crippen molar-refractivity contribution < 1.29 is 4.79 Å². The summed E-state index contributed by atoms with van der Waals surface area (Å²) in [5.74, 6) is 0.994. The van der Waals surface area contributed by atoms with Crippen LogP contribution in [0.3, 0.4) is 0 Å². The second-order valence-corrected chi connectivity index (χ2v) is 4.51. The molecule has 1 aliphatic carbocycles. The average molecular weight is 166 g/mol. The lowest BCUT2D eigenvalue weighted by molar-refractivity contribution is -0.119. The number of hydrogen-bond donors (Lipinski definition) is 0. The van der Waals surface area contributed by atoms with Gasteiger partial charge in [0.1, 0.15) is 5.78 Å².